The number of allylic oxidation sites excluding steroid dienone is 4. The fourth-order valence-corrected chi connectivity index (χ4v) is 6.08. The molecule has 0 spiro atoms. The number of halogens is 3. The van der Waals surface area contributed by atoms with Gasteiger partial charge < -0.3 is 4.42 Å². The SMILES string of the molecule is CC(C)(F)[C@H](C1C=C(C#N)C=C(F)C1)C1CN([C@@H](c2ccc(Cl)cc2)c2cccc(-c3n[nH]c(=O)o3)c2)C1. The van der Waals surface area contributed by atoms with E-state index >= 15 is 4.39 Å². The molecule has 5 rings (SSSR count). The molecule has 1 saturated heterocycles. The molecule has 0 amide bonds. The number of nitrogens with zero attached hydrogens (tertiary/aromatic N) is 3. The van der Waals surface area contributed by atoms with E-state index in [9.17, 15) is 14.4 Å². The van der Waals surface area contributed by atoms with Crippen LogP contribution < -0.4 is 5.76 Å². The monoisotopic (exact) mass is 536 g/mol. The van der Waals surface area contributed by atoms with Gasteiger partial charge in [-0.3, -0.25) is 4.90 Å². The van der Waals surface area contributed by atoms with Gasteiger partial charge in [0.05, 0.1) is 17.7 Å². The van der Waals surface area contributed by atoms with Crippen molar-refractivity contribution in [1.29, 1.82) is 5.26 Å². The van der Waals surface area contributed by atoms with Crippen LogP contribution in [0.1, 0.15) is 37.4 Å². The molecule has 3 aromatic rings. The lowest BCUT2D eigenvalue weighted by molar-refractivity contribution is -0.0433. The largest absolute Gasteiger partial charge is 0.434 e. The zero-order valence-electron chi connectivity index (χ0n) is 21.0. The zero-order chi connectivity index (χ0) is 27.0. The van der Waals surface area contributed by atoms with Gasteiger partial charge in [0.2, 0.25) is 5.89 Å². The first kappa shape index (κ1) is 26.1. The van der Waals surface area contributed by atoms with E-state index in [1.54, 1.807) is 6.08 Å². The maximum atomic E-state index is 15.6. The maximum absolute atomic E-state index is 15.6. The Kier molecular flexibility index (Phi) is 7.08. The number of rotatable bonds is 7. The van der Waals surface area contributed by atoms with Gasteiger partial charge in [-0.25, -0.2) is 18.7 Å². The van der Waals surface area contributed by atoms with Gasteiger partial charge in [0.1, 0.15) is 11.5 Å². The molecule has 1 aliphatic heterocycles. The Labute approximate surface area is 224 Å². The number of alkyl halides is 1. The molecule has 2 aromatic carbocycles. The molecule has 2 aliphatic rings. The molecule has 1 fully saturated rings. The Morgan fingerprint density at radius 3 is 2.58 bits per heavy atom. The van der Waals surface area contributed by atoms with Gasteiger partial charge in [-0.2, -0.15) is 5.26 Å². The second-order valence-corrected chi connectivity index (χ2v) is 10.9. The van der Waals surface area contributed by atoms with Gasteiger partial charge in [0, 0.05) is 36.0 Å². The molecular formula is C29H27ClF2N4O2. The van der Waals surface area contributed by atoms with E-state index in [0.29, 0.717) is 23.7 Å². The average molecular weight is 537 g/mol. The predicted molar refractivity (Wildman–Crippen MR) is 141 cm³/mol. The summed E-state index contributed by atoms with van der Waals surface area (Å²) < 4.78 is 35.1. The van der Waals surface area contributed by atoms with E-state index in [4.69, 9.17) is 16.0 Å². The zero-order valence-corrected chi connectivity index (χ0v) is 21.8. The summed E-state index contributed by atoms with van der Waals surface area (Å²) in [4.78, 5) is 13.7. The molecule has 9 heteroatoms. The number of aromatic nitrogens is 2. The smallest absolute Gasteiger partial charge is 0.388 e. The summed E-state index contributed by atoms with van der Waals surface area (Å²) >= 11 is 6.16. The summed E-state index contributed by atoms with van der Waals surface area (Å²) in [6.07, 6.45) is 3.05. The number of aromatic amines is 1. The second-order valence-electron chi connectivity index (χ2n) is 10.5. The molecule has 2 heterocycles. The van der Waals surface area contributed by atoms with Crippen molar-refractivity contribution in [2.24, 2.45) is 17.8 Å². The molecule has 0 saturated carbocycles. The summed E-state index contributed by atoms with van der Waals surface area (Å²) in [6, 6.07) is 17.0. The van der Waals surface area contributed by atoms with Gasteiger partial charge in [-0.05, 0) is 67.2 Å². The number of benzene rings is 2. The molecule has 6 nitrogen and oxygen atoms in total. The van der Waals surface area contributed by atoms with Crippen LogP contribution >= 0.6 is 11.6 Å². The summed E-state index contributed by atoms with van der Waals surface area (Å²) in [7, 11) is 0. The van der Waals surface area contributed by atoms with Crippen LogP contribution in [0.25, 0.3) is 11.5 Å². The Morgan fingerprint density at radius 1 is 1.21 bits per heavy atom. The molecule has 3 atom stereocenters. The van der Waals surface area contributed by atoms with E-state index in [2.05, 4.69) is 15.1 Å². The van der Waals surface area contributed by atoms with E-state index < -0.39 is 23.3 Å². The van der Waals surface area contributed by atoms with E-state index in [-0.39, 0.29) is 35.7 Å². The van der Waals surface area contributed by atoms with E-state index in [0.717, 1.165) is 11.1 Å². The minimum atomic E-state index is -1.57. The number of hydrogen-bond acceptors (Lipinski definition) is 5. The quantitative estimate of drug-likeness (QED) is 0.378. The van der Waals surface area contributed by atoms with Crippen molar-refractivity contribution in [2.75, 3.05) is 13.1 Å². The predicted octanol–water partition coefficient (Wildman–Crippen LogP) is 6.39. The lowest BCUT2D eigenvalue weighted by Crippen LogP contribution is -2.56. The van der Waals surface area contributed by atoms with Crippen molar-refractivity contribution < 1.29 is 13.2 Å². The highest BCUT2D eigenvalue weighted by molar-refractivity contribution is 6.30. The highest BCUT2D eigenvalue weighted by atomic mass is 35.5. The summed E-state index contributed by atoms with van der Waals surface area (Å²) in [5.41, 5.74) is 1.28. The van der Waals surface area contributed by atoms with Crippen LogP contribution in [0.5, 0.6) is 0 Å². The van der Waals surface area contributed by atoms with Crippen LogP contribution in [0.2, 0.25) is 5.02 Å². The molecule has 1 unspecified atom stereocenters. The first-order valence-electron chi connectivity index (χ1n) is 12.4. The van der Waals surface area contributed by atoms with Gasteiger partial charge in [0.25, 0.3) is 0 Å². The summed E-state index contributed by atoms with van der Waals surface area (Å²) in [5, 5.41) is 16.2. The maximum Gasteiger partial charge on any atom is 0.434 e. The lowest BCUT2D eigenvalue weighted by Gasteiger charge is -2.51. The number of hydrogen-bond donors (Lipinski definition) is 1. The molecule has 1 N–H and O–H groups in total. The Balaban J connectivity index is 1.45. The third kappa shape index (κ3) is 5.35. The minimum Gasteiger partial charge on any atom is -0.388 e. The molecule has 38 heavy (non-hydrogen) atoms. The number of nitriles is 1. The molecule has 0 radical (unpaired) electrons. The molecular weight excluding hydrogens is 510 g/mol. The Morgan fingerprint density at radius 2 is 1.95 bits per heavy atom. The summed E-state index contributed by atoms with van der Waals surface area (Å²) in [5.74, 6) is -1.73. The lowest BCUT2D eigenvalue weighted by atomic mass is 9.67. The number of H-pyrrole nitrogens is 1. The van der Waals surface area contributed by atoms with E-state index in [1.807, 2.05) is 54.6 Å². The standard InChI is InChI=1S/C29H27ClF2N4O2/c1-29(2,32)25(21-10-17(14-33)11-24(31)13-21)22-15-36(16-22)26(18-6-8-23(30)9-7-18)19-4-3-5-20(12-19)27-34-35-28(37)38-27/h3-12,21-22,25-26H,13,15-16H2,1-2H3,(H,35,37)/t21?,25-,26+/m1/s1. The molecule has 1 aromatic heterocycles. The fraction of sp³-hybridized carbons (Fsp3) is 0.345. The second kappa shape index (κ2) is 10.3. The van der Waals surface area contributed by atoms with Gasteiger partial charge in [-0.1, -0.05) is 41.9 Å². The normalized spacial score (nSPS) is 20.2. The third-order valence-corrected chi connectivity index (χ3v) is 7.66. The molecule has 1 aliphatic carbocycles. The topological polar surface area (TPSA) is 85.9 Å². The van der Waals surface area contributed by atoms with Crippen LogP contribution in [0, 0.1) is 29.1 Å². The molecule has 196 valence electrons. The number of nitrogens with one attached hydrogen (secondary N) is 1. The first-order chi connectivity index (χ1) is 18.1. The van der Waals surface area contributed by atoms with Crippen LogP contribution in [-0.2, 0) is 0 Å². The van der Waals surface area contributed by atoms with Crippen molar-refractivity contribution in [3.05, 3.63) is 98.8 Å². The fourth-order valence-electron chi connectivity index (χ4n) is 5.95. The van der Waals surface area contributed by atoms with Crippen LogP contribution in [-0.4, -0.2) is 33.9 Å². The van der Waals surface area contributed by atoms with Crippen molar-refractivity contribution in [2.45, 2.75) is 32.0 Å². The van der Waals surface area contributed by atoms with Gasteiger partial charge in [0.15, 0.2) is 0 Å². The minimum absolute atomic E-state index is 0.0376. The first-order valence-corrected chi connectivity index (χ1v) is 12.8. The van der Waals surface area contributed by atoms with E-state index in [1.165, 1.54) is 19.9 Å². The number of likely N-dealkylation sites (tertiary alicyclic amines) is 1. The Hall–Kier alpha value is -3.54. The van der Waals surface area contributed by atoms with Crippen molar-refractivity contribution in [3.8, 4) is 17.5 Å². The third-order valence-electron chi connectivity index (χ3n) is 7.40. The van der Waals surface area contributed by atoms with Crippen LogP contribution in [0.4, 0.5) is 8.78 Å². The van der Waals surface area contributed by atoms with Gasteiger partial charge in [-0.15, -0.1) is 5.10 Å². The summed E-state index contributed by atoms with van der Waals surface area (Å²) in [6.45, 7) is 4.25. The average Bonchev–Trinajstić information content (AvgIpc) is 3.29. The highest BCUT2D eigenvalue weighted by Gasteiger charge is 2.47. The van der Waals surface area contributed by atoms with Crippen molar-refractivity contribution in [1.82, 2.24) is 15.1 Å². The van der Waals surface area contributed by atoms with Crippen molar-refractivity contribution >= 4 is 11.6 Å². The Bertz CT molecular complexity index is 1470. The molecule has 0 bridgehead atoms. The van der Waals surface area contributed by atoms with Crippen molar-refractivity contribution in [3.63, 3.8) is 0 Å². The van der Waals surface area contributed by atoms with Gasteiger partial charge >= 0.3 is 5.76 Å². The van der Waals surface area contributed by atoms with Crippen LogP contribution in [0.3, 0.4) is 0 Å². The highest BCUT2D eigenvalue weighted by Crippen LogP contribution is 2.46. The van der Waals surface area contributed by atoms with Crippen LogP contribution in [0.15, 0.2) is 81.3 Å².